The lowest BCUT2D eigenvalue weighted by Gasteiger charge is -1.92. The number of hydrogen-bond donors (Lipinski definition) is 2. The number of aliphatic hydroxyl groups is 2. The molecule has 84 valence electrons. The van der Waals surface area contributed by atoms with Crippen LogP contribution in [-0.2, 0) is 13.6 Å². The van der Waals surface area contributed by atoms with Gasteiger partial charge in [-0.2, -0.15) is 0 Å². The summed E-state index contributed by atoms with van der Waals surface area (Å²) in [7, 11) is -2.03. The summed E-state index contributed by atoms with van der Waals surface area (Å²) in [5.74, 6) is 0. The fraction of sp³-hybridized carbons (Fsp3) is 1.00. The molecule has 0 unspecified atom stereocenters. The van der Waals surface area contributed by atoms with Gasteiger partial charge in [0.2, 0.25) is 0 Å². The van der Waals surface area contributed by atoms with Crippen molar-refractivity contribution in [1.82, 2.24) is 0 Å². The summed E-state index contributed by atoms with van der Waals surface area (Å²) < 4.78 is 20.6. The Hall–Kier alpha value is -0.0600. The molecule has 0 aliphatic carbocycles. The lowest BCUT2D eigenvalue weighted by molar-refractivity contribution is 0.203. The van der Waals surface area contributed by atoms with Gasteiger partial charge in [-0.25, -0.2) is 0 Å². The van der Waals surface area contributed by atoms with Crippen molar-refractivity contribution in [3.8, 4) is 0 Å². The SMILES string of the molecule is O=[P+](OCCCCO)OCCCCO. The molecule has 0 aliphatic heterocycles. The molecule has 0 fully saturated rings. The fourth-order valence-corrected chi connectivity index (χ4v) is 1.37. The van der Waals surface area contributed by atoms with Crippen LogP contribution >= 0.6 is 8.25 Å². The highest BCUT2D eigenvalue weighted by Gasteiger charge is 2.18. The van der Waals surface area contributed by atoms with Crippen LogP contribution in [0.3, 0.4) is 0 Å². The Kier molecular flexibility index (Phi) is 11.0. The number of aliphatic hydroxyl groups excluding tert-OH is 2. The van der Waals surface area contributed by atoms with Gasteiger partial charge in [0, 0.05) is 17.8 Å². The number of hydrogen-bond acceptors (Lipinski definition) is 5. The van der Waals surface area contributed by atoms with Gasteiger partial charge >= 0.3 is 8.25 Å². The molecule has 2 N–H and O–H groups in total. The molecule has 0 aliphatic rings. The zero-order valence-electron chi connectivity index (χ0n) is 8.22. The largest absolute Gasteiger partial charge is 0.697 e. The van der Waals surface area contributed by atoms with E-state index in [-0.39, 0.29) is 13.2 Å². The number of rotatable bonds is 10. The first-order chi connectivity index (χ1) is 6.81. The monoisotopic (exact) mass is 225 g/mol. The van der Waals surface area contributed by atoms with Crippen LogP contribution in [0.4, 0.5) is 0 Å². The van der Waals surface area contributed by atoms with E-state index >= 15 is 0 Å². The lowest BCUT2D eigenvalue weighted by Crippen LogP contribution is -1.94. The van der Waals surface area contributed by atoms with Crippen molar-refractivity contribution in [2.75, 3.05) is 26.4 Å². The molecule has 0 radical (unpaired) electrons. The Bertz CT molecular complexity index is 128. The van der Waals surface area contributed by atoms with Gasteiger partial charge in [-0.15, -0.1) is 9.05 Å². The van der Waals surface area contributed by atoms with Crippen LogP contribution in [0.2, 0.25) is 0 Å². The molecule has 14 heavy (non-hydrogen) atoms. The van der Waals surface area contributed by atoms with Gasteiger partial charge in [-0.3, -0.25) is 0 Å². The average Bonchev–Trinajstić information content (AvgIpc) is 2.19. The first-order valence-electron chi connectivity index (χ1n) is 4.76. The maximum absolute atomic E-state index is 10.9. The van der Waals surface area contributed by atoms with Crippen molar-refractivity contribution < 1.29 is 23.8 Å². The minimum Gasteiger partial charge on any atom is -0.396 e. The third kappa shape index (κ3) is 10.0. The summed E-state index contributed by atoms with van der Waals surface area (Å²) in [4.78, 5) is 0. The fourth-order valence-electron chi connectivity index (χ4n) is 0.743. The van der Waals surface area contributed by atoms with Crippen molar-refractivity contribution in [2.45, 2.75) is 25.7 Å². The lowest BCUT2D eigenvalue weighted by atomic mass is 10.3. The Labute approximate surface area is 85.0 Å². The van der Waals surface area contributed by atoms with E-state index in [2.05, 4.69) is 0 Å². The molecule has 0 saturated heterocycles. The van der Waals surface area contributed by atoms with E-state index in [1.165, 1.54) is 0 Å². The predicted molar refractivity (Wildman–Crippen MR) is 52.2 cm³/mol. The topological polar surface area (TPSA) is 76.0 Å². The summed E-state index contributed by atoms with van der Waals surface area (Å²) in [6.45, 7) is 0.931. The highest BCUT2D eigenvalue weighted by Crippen LogP contribution is 2.24. The van der Waals surface area contributed by atoms with E-state index in [1.54, 1.807) is 0 Å². The highest BCUT2D eigenvalue weighted by atomic mass is 31.1. The Morgan fingerprint density at radius 3 is 1.64 bits per heavy atom. The van der Waals surface area contributed by atoms with Crippen LogP contribution in [0.5, 0.6) is 0 Å². The van der Waals surface area contributed by atoms with Gasteiger partial charge in [0.15, 0.2) is 0 Å². The molecule has 0 amide bonds. The van der Waals surface area contributed by atoms with E-state index in [1.807, 2.05) is 0 Å². The molecule has 0 rings (SSSR count). The number of unbranched alkanes of at least 4 members (excludes halogenated alkanes) is 2. The van der Waals surface area contributed by atoms with Crippen molar-refractivity contribution in [1.29, 1.82) is 0 Å². The maximum Gasteiger partial charge on any atom is 0.697 e. The van der Waals surface area contributed by atoms with Gasteiger partial charge in [-0.05, 0) is 25.7 Å². The normalized spacial score (nSPS) is 10.4. The molecular weight excluding hydrogens is 207 g/mol. The van der Waals surface area contributed by atoms with E-state index < -0.39 is 8.25 Å². The minimum atomic E-state index is -2.03. The van der Waals surface area contributed by atoms with Crippen molar-refractivity contribution >= 4 is 8.25 Å². The van der Waals surface area contributed by atoms with E-state index in [4.69, 9.17) is 19.3 Å². The third-order valence-electron chi connectivity index (χ3n) is 1.50. The summed E-state index contributed by atoms with van der Waals surface area (Å²) in [5.41, 5.74) is 0. The highest BCUT2D eigenvalue weighted by molar-refractivity contribution is 7.33. The molecule has 0 aromatic rings. The van der Waals surface area contributed by atoms with Gasteiger partial charge in [-0.1, -0.05) is 0 Å². The molecule has 0 heterocycles. The molecule has 0 aromatic heterocycles. The summed E-state index contributed by atoms with van der Waals surface area (Å²) >= 11 is 0. The quantitative estimate of drug-likeness (QED) is 0.432. The van der Waals surface area contributed by atoms with Crippen LogP contribution in [0.1, 0.15) is 25.7 Å². The smallest absolute Gasteiger partial charge is 0.396 e. The predicted octanol–water partition coefficient (Wildman–Crippen LogP) is 1.22. The third-order valence-corrected chi connectivity index (χ3v) is 2.29. The summed E-state index contributed by atoms with van der Waals surface area (Å²) in [5, 5.41) is 16.9. The van der Waals surface area contributed by atoms with Crippen molar-refractivity contribution in [2.24, 2.45) is 0 Å². The van der Waals surface area contributed by atoms with Crippen LogP contribution in [0, 0.1) is 0 Å². The minimum absolute atomic E-state index is 0.123. The van der Waals surface area contributed by atoms with E-state index in [0.717, 1.165) is 0 Å². The first kappa shape index (κ1) is 13.9. The molecule has 0 saturated carbocycles. The van der Waals surface area contributed by atoms with E-state index in [9.17, 15) is 4.57 Å². The molecule has 0 atom stereocenters. The summed E-state index contributed by atoms with van der Waals surface area (Å²) in [6.07, 6.45) is 2.65. The van der Waals surface area contributed by atoms with Crippen molar-refractivity contribution in [3.63, 3.8) is 0 Å². The zero-order chi connectivity index (χ0) is 10.6. The Morgan fingerprint density at radius 1 is 0.857 bits per heavy atom. The maximum atomic E-state index is 10.9. The van der Waals surface area contributed by atoms with Gasteiger partial charge in [0.25, 0.3) is 0 Å². The second-order valence-electron chi connectivity index (χ2n) is 2.75. The zero-order valence-corrected chi connectivity index (χ0v) is 9.12. The average molecular weight is 225 g/mol. The molecule has 0 aromatic carbocycles. The van der Waals surface area contributed by atoms with Gasteiger partial charge in [0.1, 0.15) is 13.2 Å². The first-order valence-corrected chi connectivity index (χ1v) is 5.85. The Balaban J connectivity index is 3.11. The van der Waals surface area contributed by atoms with Crippen molar-refractivity contribution in [3.05, 3.63) is 0 Å². The Morgan fingerprint density at radius 2 is 1.29 bits per heavy atom. The van der Waals surface area contributed by atoms with E-state index in [0.29, 0.717) is 38.9 Å². The summed E-state index contributed by atoms with van der Waals surface area (Å²) in [6, 6.07) is 0. The van der Waals surface area contributed by atoms with Gasteiger partial charge < -0.3 is 10.2 Å². The van der Waals surface area contributed by atoms with Crippen LogP contribution in [-0.4, -0.2) is 36.6 Å². The standard InChI is InChI=1S/C8H18O5P/c9-5-1-3-7-12-14(11)13-8-4-2-6-10/h9-10H,1-8H2/q+1. The molecule has 0 spiro atoms. The second-order valence-corrected chi connectivity index (χ2v) is 3.72. The molecule has 5 nitrogen and oxygen atoms in total. The van der Waals surface area contributed by atoms with Gasteiger partial charge in [0.05, 0.1) is 0 Å². The van der Waals surface area contributed by atoms with Crippen LogP contribution < -0.4 is 0 Å². The van der Waals surface area contributed by atoms with Crippen LogP contribution in [0.15, 0.2) is 0 Å². The van der Waals surface area contributed by atoms with Crippen LogP contribution in [0.25, 0.3) is 0 Å². The molecule has 0 bridgehead atoms. The molecule has 6 heteroatoms. The second kappa shape index (κ2) is 11.0. The molecular formula is C8H18O5P+.